The smallest absolute Gasteiger partial charge is 0.410 e. The number of fused-ring (bicyclic) bond motifs is 1. The van der Waals surface area contributed by atoms with E-state index in [1.54, 1.807) is 11.9 Å². The van der Waals surface area contributed by atoms with Gasteiger partial charge in [-0.05, 0) is 32.9 Å². The molecule has 1 atom stereocenters. The van der Waals surface area contributed by atoms with Crippen molar-refractivity contribution in [1.29, 1.82) is 0 Å². The molecule has 1 aliphatic rings. The first kappa shape index (κ1) is 18.4. The largest absolute Gasteiger partial charge is 0.491 e. The van der Waals surface area contributed by atoms with Gasteiger partial charge in [-0.15, -0.1) is 5.54 Å². The van der Waals surface area contributed by atoms with Crippen LogP contribution in [0.15, 0.2) is 18.2 Å². The summed E-state index contributed by atoms with van der Waals surface area (Å²) in [5.41, 5.74) is 4.80. The second-order valence-electron chi connectivity index (χ2n) is 8.17. The lowest BCUT2D eigenvalue weighted by atomic mass is 10.1. The van der Waals surface area contributed by atoms with Crippen molar-refractivity contribution in [3.05, 3.63) is 29.3 Å². The third kappa shape index (κ3) is 4.78. The quantitative estimate of drug-likeness (QED) is 0.565. The van der Waals surface area contributed by atoms with Crippen LogP contribution in [0.25, 0.3) is 0 Å². The number of carbonyl (C=O) groups excluding carboxylic acids is 1. The summed E-state index contributed by atoms with van der Waals surface area (Å²) in [5.74, 6) is 4.04. The SMILES string of the molecule is CN(C(=O)OC(C)(C)C)C1COc2cc(C#C[Si](C)(C)C)ccc21. The Balaban J connectivity index is 2.18. The van der Waals surface area contributed by atoms with Gasteiger partial charge in [-0.1, -0.05) is 31.6 Å². The number of hydrogen-bond acceptors (Lipinski definition) is 3. The highest BCUT2D eigenvalue weighted by atomic mass is 28.3. The number of ether oxygens (including phenoxy) is 2. The van der Waals surface area contributed by atoms with Crippen LogP contribution >= 0.6 is 0 Å². The second-order valence-corrected chi connectivity index (χ2v) is 12.9. The molecule has 0 bridgehead atoms. The number of likely N-dealkylation sites (N-methyl/N-ethyl adjacent to an activating group) is 1. The Hall–Kier alpha value is -1.93. The van der Waals surface area contributed by atoms with Crippen molar-refractivity contribution < 1.29 is 14.3 Å². The van der Waals surface area contributed by atoms with E-state index in [2.05, 4.69) is 31.1 Å². The Morgan fingerprint density at radius 2 is 2.00 bits per heavy atom. The van der Waals surface area contributed by atoms with Crippen molar-refractivity contribution in [2.75, 3.05) is 13.7 Å². The molecule has 1 aromatic carbocycles. The minimum Gasteiger partial charge on any atom is -0.491 e. The van der Waals surface area contributed by atoms with Crippen LogP contribution in [0.4, 0.5) is 4.79 Å². The van der Waals surface area contributed by atoms with Gasteiger partial charge in [-0.3, -0.25) is 0 Å². The average molecular weight is 346 g/mol. The molecule has 1 aromatic rings. The summed E-state index contributed by atoms with van der Waals surface area (Å²) >= 11 is 0. The number of amides is 1. The monoisotopic (exact) mass is 345 g/mol. The molecular formula is C19H27NO3Si. The molecule has 0 saturated heterocycles. The molecule has 0 aromatic heterocycles. The maximum Gasteiger partial charge on any atom is 0.410 e. The van der Waals surface area contributed by atoms with Crippen molar-refractivity contribution in [3.63, 3.8) is 0 Å². The Morgan fingerprint density at radius 3 is 2.58 bits per heavy atom. The first-order valence-corrected chi connectivity index (χ1v) is 11.7. The van der Waals surface area contributed by atoms with Crippen LogP contribution in [-0.4, -0.2) is 38.3 Å². The molecule has 0 aliphatic carbocycles. The lowest BCUT2D eigenvalue weighted by Crippen LogP contribution is -2.37. The molecule has 2 rings (SSSR count). The highest BCUT2D eigenvalue weighted by Crippen LogP contribution is 2.36. The van der Waals surface area contributed by atoms with Gasteiger partial charge in [0, 0.05) is 18.2 Å². The molecule has 0 fully saturated rings. The highest BCUT2D eigenvalue weighted by molar-refractivity contribution is 6.83. The number of hydrogen-bond donors (Lipinski definition) is 0. The van der Waals surface area contributed by atoms with E-state index in [9.17, 15) is 4.79 Å². The molecule has 0 radical (unpaired) electrons. The van der Waals surface area contributed by atoms with Gasteiger partial charge < -0.3 is 14.4 Å². The lowest BCUT2D eigenvalue weighted by Gasteiger charge is -2.28. The van der Waals surface area contributed by atoms with E-state index in [0.29, 0.717) is 6.61 Å². The van der Waals surface area contributed by atoms with Gasteiger partial charge in [0.15, 0.2) is 0 Å². The Bertz CT molecular complexity index is 689. The average Bonchev–Trinajstić information content (AvgIpc) is 2.84. The van der Waals surface area contributed by atoms with E-state index in [-0.39, 0.29) is 12.1 Å². The minimum absolute atomic E-state index is 0.131. The van der Waals surface area contributed by atoms with Crippen LogP contribution in [0, 0.1) is 11.5 Å². The maximum atomic E-state index is 12.3. The van der Waals surface area contributed by atoms with Crippen LogP contribution in [0.5, 0.6) is 5.75 Å². The zero-order valence-corrected chi connectivity index (χ0v) is 16.7. The molecular weight excluding hydrogens is 318 g/mol. The standard InChI is InChI=1S/C19H27NO3Si/c1-19(2,3)23-18(21)20(4)16-13-22-17-12-14(8-9-15(16)17)10-11-24(5,6)7/h8-9,12,16H,13H2,1-7H3. The molecule has 1 unspecified atom stereocenters. The molecule has 0 spiro atoms. The summed E-state index contributed by atoms with van der Waals surface area (Å²) in [4.78, 5) is 13.9. The molecule has 1 heterocycles. The fourth-order valence-electron chi connectivity index (χ4n) is 2.31. The number of rotatable bonds is 1. The summed E-state index contributed by atoms with van der Waals surface area (Å²) < 4.78 is 11.2. The maximum absolute atomic E-state index is 12.3. The fourth-order valence-corrected chi connectivity index (χ4v) is 2.83. The van der Waals surface area contributed by atoms with Crippen molar-refractivity contribution in [2.45, 2.75) is 52.1 Å². The summed E-state index contributed by atoms with van der Waals surface area (Å²) in [5, 5.41) is 0. The lowest BCUT2D eigenvalue weighted by molar-refractivity contribution is 0.0201. The van der Waals surface area contributed by atoms with Crippen LogP contribution in [0.3, 0.4) is 0 Å². The first-order chi connectivity index (χ1) is 11.0. The third-order valence-electron chi connectivity index (χ3n) is 3.50. The number of carbonyl (C=O) groups is 1. The fraction of sp³-hybridized carbons (Fsp3) is 0.526. The zero-order chi connectivity index (χ0) is 18.1. The van der Waals surface area contributed by atoms with Gasteiger partial charge in [0.05, 0.1) is 6.04 Å². The molecule has 24 heavy (non-hydrogen) atoms. The summed E-state index contributed by atoms with van der Waals surface area (Å²) in [6.07, 6.45) is -0.341. The molecule has 1 aliphatic heterocycles. The van der Waals surface area contributed by atoms with Gasteiger partial charge in [0.25, 0.3) is 0 Å². The van der Waals surface area contributed by atoms with Gasteiger partial charge >= 0.3 is 6.09 Å². The number of nitrogens with zero attached hydrogens (tertiary/aromatic N) is 1. The van der Waals surface area contributed by atoms with Crippen molar-refractivity contribution in [1.82, 2.24) is 4.90 Å². The Morgan fingerprint density at radius 1 is 1.33 bits per heavy atom. The van der Waals surface area contributed by atoms with Gasteiger partial charge in [-0.2, -0.15) is 0 Å². The van der Waals surface area contributed by atoms with Crippen molar-refractivity contribution in [3.8, 4) is 17.2 Å². The normalized spacial score (nSPS) is 16.5. The molecule has 1 amide bonds. The van der Waals surface area contributed by atoms with Crippen LogP contribution in [0.1, 0.15) is 37.9 Å². The summed E-state index contributed by atoms with van der Waals surface area (Å²) in [6.45, 7) is 12.7. The van der Waals surface area contributed by atoms with E-state index < -0.39 is 13.7 Å². The van der Waals surface area contributed by atoms with Gasteiger partial charge in [0.1, 0.15) is 26.0 Å². The zero-order valence-electron chi connectivity index (χ0n) is 15.7. The van der Waals surface area contributed by atoms with E-state index in [1.807, 2.05) is 39.0 Å². The van der Waals surface area contributed by atoms with E-state index in [0.717, 1.165) is 16.9 Å². The topological polar surface area (TPSA) is 38.8 Å². The van der Waals surface area contributed by atoms with Crippen molar-refractivity contribution in [2.24, 2.45) is 0 Å². The Labute approximate surface area is 146 Å². The molecule has 4 nitrogen and oxygen atoms in total. The Kier molecular flexibility index (Phi) is 5.00. The van der Waals surface area contributed by atoms with E-state index >= 15 is 0 Å². The molecule has 130 valence electrons. The third-order valence-corrected chi connectivity index (χ3v) is 4.38. The van der Waals surface area contributed by atoms with E-state index in [4.69, 9.17) is 9.47 Å². The van der Waals surface area contributed by atoms with Gasteiger partial charge in [0.2, 0.25) is 0 Å². The minimum atomic E-state index is -1.41. The van der Waals surface area contributed by atoms with Crippen LogP contribution in [0.2, 0.25) is 19.6 Å². The molecule has 0 N–H and O–H groups in total. The summed E-state index contributed by atoms with van der Waals surface area (Å²) in [6, 6.07) is 5.83. The molecule has 0 saturated carbocycles. The van der Waals surface area contributed by atoms with Crippen LogP contribution < -0.4 is 4.74 Å². The molecule has 5 heteroatoms. The van der Waals surface area contributed by atoms with Crippen molar-refractivity contribution >= 4 is 14.2 Å². The van der Waals surface area contributed by atoms with E-state index in [1.165, 1.54) is 0 Å². The van der Waals surface area contributed by atoms with Gasteiger partial charge in [-0.25, -0.2) is 4.79 Å². The second kappa shape index (κ2) is 6.52. The first-order valence-electron chi connectivity index (χ1n) is 8.22. The highest BCUT2D eigenvalue weighted by Gasteiger charge is 2.32. The predicted molar refractivity (Wildman–Crippen MR) is 98.9 cm³/mol. The summed E-state index contributed by atoms with van der Waals surface area (Å²) in [7, 11) is 0.340. The number of benzene rings is 1. The predicted octanol–water partition coefficient (Wildman–Crippen LogP) is 4.22. The van der Waals surface area contributed by atoms with Crippen LogP contribution in [-0.2, 0) is 4.74 Å².